The van der Waals surface area contributed by atoms with Crippen molar-refractivity contribution in [1.82, 2.24) is 10.2 Å². The molecular weight excluding hydrogens is 324 g/mol. The van der Waals surface area contributed by atoms with Crippen LogP contribution in [0, 0.1) is 12.8 Å². The van der Waals surface area contributed by atoms with E-state index in [2.05, 4.69) is 50.4 Å². The summed E-state index contributed by atoms with van der Waals surface area (Å²) >= 11 is 0. The molecule has 0 aromatic heterocycles. The number of nitrogens with zero attached hydrogens (tertiary/aromatic N) is 1. The molecule has 1 aromatic rings. The lowest BCUT2D eigenvalue weighted by Crippen LogP contribution is -2.48. The van der Waals surface area contributed by atoms with Crippen molar-refractivity contribution in [1.29, 1.82) is 0 Å². The van der Waals surface area contributed by atoms with Gasteiger partial charge in [0.05, 0.1) is 5.92 Å². The van der Waals surface area contributed by atoms with Gasteiger partial charge in [0.25, 0.3) is 0 Å². The van der Waals surface area contributed by atoms with Gasteiger partial charge in [-0.1, -0.05) is 49.1 Å². The molecule has 0 bridgehead atoms. The van der Waals surface area contributed by atoms with Crippen LogP contribution in [0.3, 0.4) is 0 Å². The summed E-state index contributed by atoms with van der Waals surface area (Å²) < 4.78 is 0. The molecule has 1 saturated carbocycles. The van der Waals surface area contributed by atoms with Crippen LogP contribution in [0.15, 0.2) is 24.3 Å². The Balaban J connectivity index is 1.56. The third kappa shape index (κ3) is 4.66. The molecule has 2 amide bonds. The van der Waals surface area contributed by atoms with E-state index in [0.29, 0.717) is 19.0 Å². The van der Waals surface area contributed by atoms with Gasteiger partial charge in [-0.3, -0.25) is 9.59 Å². The van der Waals surface area contributed by atoms with Gasteiger partial charge in [0.2, 0.25) is 11.8 Å². The molecule has 3 rings (SSSR count). The molecule has 1 aliphatic heterocycles. The predicted molar refractivity (Wildman–Crippen MR) is 104 cm³/mol. The van der Waals surface area contributed by atoms with E-state index in [0.717, 1.165) is 19.3 Å². The summed E-state index contributed by atoms with van der Waals surface area (Å²) in [5.74, 6) is -0.0242. The van der Waals surface area contributed by atoms with Crippen LogP contribution in [-0.2, 0) is 16.0 Å². The van der Waals surface area contributed by atoms with E-state index in [-0.39, 0.29) is 23.3 Å². The van der Waals surface area contributed by atoms with Crippen molar-refractivity contribution < 1.29 is 9.59 Å². The number of benzene rings is 1. The SMILES string of the molecule is Cc1ccc(CC(C)(C)NC(=O)C2CC(=O)N(C3CCCCC3)C2)cc1. The Morgan fingerprint density at radius 3 is 2.46 bits per heavy atom. The number of carbonyl (C=O) groups excluding carboxylic acids is 2. The molecular formula is C22H32N2O2. The van der Waals surface area contributed by atoms with E-state index in [1.54, 1.807) is 0 Å². The van der Waals surface area contributed by atoms with Crippen molar-refractivity contribution >= 4 is 11.8 Å². The number of hydrogen-bond acceptors (Lipinski definition) is 2. The van der Waals surface area contributed by atoms with Crippen molar-refractivity contribution in [3.05, 3.63) is 35.4 Å². The summed E-state index contributed by atoms with van der Waals surface area (Å²) in [5.41, 5.74) is 2.13. The molecule has 1 N–H and O–H groups in total. The molecule has 4 nitrogen and oxygen atoms in total. The highest BCUT2D eigenvalue weighted by atomic mass is 16.2. The molecule has 1 heterocycles. The number of rotatable bonds is 5. The van der Waals surface area contributed by atoms with Gasteiger partial charge in [-0.2, -0.15) is 0 Å². The first-order valence-electron chi connectivity index (χ1n) is 10.0. The second-order valence-corrected chi connectivity index (χ2v) is 8.77. The van der Waals surface area contributed by atoms with Gasteiger partial charge < -0.3 is 10.2 Å². The molecule has 4 heteroatoms. The zero-order valence-corrected chi connectivity index (χ0v) is 16.4. The average Bonchev–Trinajstić information content (AvgIpc) is 2.99. The predicted octanol–water partition coefficient (Wildman–Crippen LogP) is 3.61. The van der Waals surface area contributed by atoms with Crippen LogP contribution < -0.4 is 5.32 Å². The van der Waals surface area contributed by atoms with E-state index < -0.39 is 0 Å². The van der Waals surface area contributed by atoms with Gasteiger partial charge >= 0.3 is 0 Å². The lowest BCUT2D eigenvalue weighted by Gasteiger charge is -2.31. The van der Waals surface area contributed by atoms with Gasteiger partial charge in [0.1, 0.15) is 0 Å². The molecule has 1 aliphatic carbocycles. The van der Waals surface area contributed by atoms with Crippen molar-refractivity contribution in [3.8, 4) is 0 Å². The van der Waals surface area contributed by atoms with E-state index in [1.807, 2.05) is 4.90 Å². The van der Waals surface area contributed by atoms with Gasteiger partial charge in [-0.25, -0.2) is 0 Å². The Kier molecular flexibility index (Phi) is 5.69. The smallest absolute Gasteiger partial charge is 0.225 e. The van der Waals surface area contributed by atoms with Crippen LogP contribution in [-0.4, -0.2) is 34.8 Å². The second kappa shape index (κ2) is 7.81. The number of hydrogen-bond donors (Lipinski definition) is 1. The zero-order chi connectivity index (χ0) is 18.7. The molecule has 2 fully saturated rings. The zero-order valence-electron chi connectivity index (χ0n) is 16.4. The number of likely N-dealkylation sites (tertiary alicyclic amines) is 1. The third-order valence-electron chi connectivity index (χ3n) is 5.77. The van der Waals surface area contributed by atoms with Crippen molar-refractivity contribution in [2.24, 2.45) is 5.92 Å². The first-order chi connectivity index (χ1) is 12.3. The van der Waals surface area contributed by atoms with Gasteiger partial charge in [0, 0.05) is 24.5 Å². The van der Waals surface area contributed by atoms with Crippen LogP contribution in [0.2, 0.25) is 0 Å². The number of amides is 2. The fourth-order valence-corrected chi connectivity index (χ4v) is 4.35. The van der Waals surface area contributed by atoms with Crippen molar-refractivity contribution in [2.75, 3.05) is 6.54 Å². The third-order valence-corrected chi connectivity index (χ3v) is 5.77. The van der Waals surface area contributed by atoms with Crippen LogP contribution in [0.25, 0.3) is 0 Å². The molecule has 2 aliphatic rings. The Bertz CT molecular complexity index is 645. The van der Waals surface area contributed by atoms with Gasteiger partial charge in [-0.05, 0) is 45.6 Å². The first kappa shape index (κ1) is 18.9. The molecule has 26 heavy (non-hydrogen) atoms. The van der Waals surface area contributed by atoms with Crippen LogP contribution >= 0.6 is 0 Å². The normalized spacial score (nSPS) is 21.9. The number of carbonyl (C=O) groups is 2. The minimum Gasteiger partial charge on any atom is -0.351 e. The largest absolute Gasteiger partial charge is 0.351 e. The quantitative estimate of drug-likeness (QED) is 0.876. The van der Waals surface area contributed by atoms with Gasteiger partial charge in [-0.15, -0.1) is 0 Å². The fraction of sp³-hybridized carbons (Fsp3) is 0.636. The summed E-state index contributed by atoms with van der Waals surface area (Å²) in [6.45, 7) is 6.78. The van der Waals surface area contributed by atoms with E-state index in [9.17, 15) is 9.59 Å². The molecule has 1 saturated heterocycles. The minimum atomic E-state index is -0.326. The summed E-state index contributed by atoms with van der Waals surface area (Å²) in [6.07, 6.45) is 7.02. The highest BCUT2D eigenvalue weighted by Gasteiger charge is 2.39. The number of nitrogens with one attached hydrogen (secondary N) is 1. The highest BCUT2D eigenvalue weighted by Crippen LogP contribution is 2.29. The Labute approximate surface area is 157 Å². The highest BCUT2D eigenvalue weighted by molar-refractivity contribution is 5.89. The van der Waals surface area contributed by atoms with Gasteiger partial charge in [0.15, 0.2) is 0 Å². The van der Waals surface area contributed by atoms with E-state index >= 15 is 0 Å². The van der Waals surface area contributed by atoms with E-state index in [1.165, 1.54) is 30.4 Å². The second-order valence-electron chi connectivity index (χ2n) is 8.77. The van der Waals surface area contributed by atoms with E-state index in [4.69, 9.17) is 0 Å². The summed E-state index contributed by atoms with van der Waals surface area (Å²) in [7, 11) is 0. The first-order valence-corrected chi connectivity index (χ1v) is 10.0. The maximum atomic E-state index is 12.8. The molecule has 1 atom stereocenters. The molecule has 1 unspecified atom stereocenters. The summed E-state index contributed by atoms with van der Waals surface area (Å²) in [4.78, 5) is 27.2. The van der Waals surface area contributed by atoms with Crippen LogP contribution in [0.1, 0.15) is 63.5 Å². The lowest BCUT2D eigenvalue weighted by molar-refractivity contribution is -0.131. The fourth-order valence-electron chi connectivity index (χ4n) is 4.35. The maximum absolute atomic E-state index is 12.8. The summed E-state index contributed by atoms with van der Waals surface area (Å²) in [5, 5.41) is 3.19. The minimum absolute atomic E-state index is 0.0220. The molecule has 0 spiro atoms. The van der Waals surface area contributed by atoms with Crippen molar-refractivity contribution in [2.45, 2.75) is 77.3 Å². The molecule has 142 valence electrons. The lowest BCUT2D eigenvalue weighted by atomic mass is 9.93. The maximum Gasteiger partial charge on any atom is 0.225 e. The number of aryl methyl sites for hydroxylation is 1. The average molecular weight is 357 g/mol. The molecule has 0 radical (unpaired) electrons. The summed E-state index contributed by atoms with van der Waals surface area (Å²) in [6, 6.07) is 8.80. The van der Waals surface area contributed by atoms with Crippen LogP contribution in [0.5, 0.6) is 0 Å². The Morgan fingerprint density at radius 2 is 1.81 bits per heavy atom. The molecule has 1 aromatic carbocycles. The topological polar surface area (TPSA) is 49.4 Å². The Morgan fingerprint density at radius 1 is 1.15 bits per heavy atom. The monoisotopic (exact) mass is 356 g/mol. The van der Waals surface area contributed by atoms with Crippen LogP contribution in [0.4, 0.5) is 0 Å². The van der Waals surface area contributed by atoms with Crippen molar-refractivity contribution in [3.63, 3.8) is 0 Å². The standard InChI is InChI=1S/C22H32N2O2/c1-16-9-11-17(12-10-16)14-22(2,3)23-21(26)18-13-20(25)24(15-18)19-7-5-4-6-8-19/h9-12,18-19H,4-8,13-15H2,1-3H3,(H,23,26). The Hall–Kier alpha value is -1.84.